The monoisotopic (exact) mass is 355 g/mol. The summed E-state index contributed by atoms with van der Waals surface area (Å²) < 4.78 is 2.97. The molecule has 1 aromatic heterocycles. The first-order valence-corrected chi connectivity index (χ1v) is 8.03. The van der Waals surface area contributed by atoms with Gasteiger partial charge in [-0.2, -0.15) is 5.10 Å². The van der Waals surface area contributed by atoms with E-state index in [0.717, 1.165) is 40.1 Å². The first-order valence-electron chi connectivity index (χ1n) is 6.86. The molecule has 0 fully saturated rings. The number of nitrogens with one attached hydrogen (secondary N) is 1. The number of benzene rings is 1. The lowest BCUT2D eigenvalue weighted by atomic mass is 10.0. The predicted octanol–water partition coefficient (Wildman–Crippen LogP) is 4.41. The molecule has 2 rings (SSSR count). The van der Waals surface area contributed by atoms with Gasteiger partial charge in [-0.3, -0.25) is 4.68 Å². The topological polar surface area (TPSA) is 29.9 Å². The molecule has 0 aliphatic rings. The third kappa shape index (κ3) is 3.62. The van der Waals surface area contributed by atoms with Crippen LogP contribution in [0.25, 0.3) is 0 Å². The van der Waals surface area contributed by atoms with Gasteiger partial charge in [0.25, 0.3) is 0 Å². The molecule has 0 aliphatic heterocycles. The largest absolute Gasteiger partial charge is 0.306 e. The van der Waals surface area contributed by atoms with Crippen LogP contribution in [0.4, 0.5) is 0 Å². The van der Waals surface area contributed by atoms with E-state index in [1.165, 1.54) is 0 Å². The lowest BCUT2D eigenvalue weighted by Crippen LogP contribution is -2.22. The molecule has 0 aliphatic carbocycles. The second-order valence-electron chi connectivity index (χ2n) is 4.69. The second-order valence-corrected chi connectivity index (χ2v) is 6.02. The molecule has 0 amide bonds. The Morgan fingerprint density at radius 3 is 2.85 bits per heavy atom. The first kappa shape index (κ1) is 15.5. The Bertz CT molecular complexity index is 568. The van der Waals surface area contributed by atoms with Gasteiger partial charge in [0.15, 0.2) is 0 Å². The molecule has 1 unspecified atom stereocenters. The van der Waals surface area contributed by atoms with E-state index in [-0.39, 0.29) is 6.04 Å². The molecule has 2 aromatic rings. The predicted molar refractivity (Wildman–Crippen MR) is 87.2 cm³/mol. The summed E-state index contributed by atoms with van der Waals surface area (Å²) in [6.07, 6.45) is 5.09. The van der Waals surface area contributed by atoms with E-state index in [1.807, 2.05) is 23.0 Å². The average molecular weight is 357 g/mol. The molecule has 5 heteroatoms. The van der Waals surface area contributed by atoms with Gasteiger partial charge in [-0.15, -0.1) is 0 Å². The Balaban J connectivity index is 2.34. The maximum absolute atomic E-state index is 6.38. The van der Waals surface area contributed by atoms with Crippen LogP contribution in [0, 0.1) is 0 Å². The highest BCUT2D eigenvalue weighted by Gasteiger charge is 2.17. The zero-order valence-electron chi connectivity index (χ0n) is 11.7. The summed E-state index contributed by atoms with van der Waals surface area (Å²) >= 11 is 9.82. The second kappa shape index (κ2) is 7.25. The summed E-state index contributed by atoms with van der Waals surface area (Å²) in [6.45, 7) is 6.05. The minimum Gasteiger partial charge on any atom is -0.306 e. The fourth-order valence-corrected chi connectivity index (χ4v) is 3.01. The Labute approximate surface area is 133 Å². The molecular formula is C15H19BrClN3. The van der Waals surface area contributed by atoms with Crippen molar-refractivity contribution in [1.29, 1.82) is 0 Å². The standard InChI is InChI=1S/C15H19BrClN3/c1-3-7-20-10-11(9-19-20)15(18-4-2)13-6-5-12(16)8-14(13)17/h5-6,8-10,15,18H,3-4,7H2,1-2H3. The number of aryl methyl sites for hydroxylation is 1. The van der Waals surface area contributed by atoms with Crippen molar-refractivity contribution in [2.75, 3.05) is 6.54 Å². The van der Waals surface area contributed by atoms with Gasteiger partial charge in [0.1, 0.15) is 0 Å². The van der Waals surface area contributed by atoms with Gasteiger partial charge < -0.3 is 5.32 Å². The van der Waals surface area contributed by atoms with E-state index in [0.29, 0.717) is 0 Å². The summed E-state index contributed by atoms with van der Waals surface area (Å²) in [5, 5.41) is 8.64. The molecule has 1 N–H and O–H groups in total. The molecular weight excluding hydrogens is 338 g/mol. The van der Waals surface area contributed by atoms with Crippen LogP contribution in [0.2, 0.25) is 5.02 Å². The van der Waals surface area contributed by atoms with E-state index in [2.05, 4.69) is 52.5 Å². The number of hydrogen-bond donors (Lipinski definition) is 1. The van der Waals surface area contributed by atoms with Gasteiger partial charge in [-0.25, -0.2) is 0 Å². The summed E-state index contributed by atoms with van der Waals surface area (Å²) in [6, 6.07) is 6.07. The molecule has 20 heavy (non-hydrogen) atoms. The number of hydrogen-bond acceptors (Lipinski definition) is 2. The molecule has 108 valence electrons. The zero-order chi connectivity index (χ0) is 14.5. The minimum absolute atomic E-state index is 0.0752. The normalized spacial score (nSPS) is 12.6. The molecule has 0 spiro atoms. The molecule has 1 heterocycles. The summed E-state index contributed by atoms with van der Waals surface area (Å²) in [7, 11) is 0. The van der Waals surface area contributed by atoms with Crippen molar-refractivity contribution in [2.24, 2.45) is 0 Å². The number of halogens is 2. The average Bonchev–Trinajstić information content (AvgIpc) is 2.86. The van der Waals surface area contributed by atoms with Crippen LogP contribution in [-0.2, 0) is 6.54 Å². The highest BCUT2D eigenvalue weighted by atomic mass is 79.9. The maximum Gasteiger partial charge on any atom is 0.0622 e. The van der Waals surface area contributed by atoms with Crippen molar-refractivity contribution in [3.8, 4) is 0 Å². The maximum atomic E-state index is 6.38. The van der Waals surface area contributed by atoms with Crippen molar-refractivity contribution >= 4 is 27.5 Å². The fraction of sp³-hybridized carbons (Fsp3) is 0.400. The Hall–Kier alpha value is -0.840. The Morgan fingerprint density at radius 2 is 2.20 bits per heavy atom. The van der Waals surface area contributed by atoms with Crippen LogP contribution in [0.5, 0.6) is 0 Å². The van der Waals surface area contributed by atoms with Crippen LogP contribution in [-0.4, -0.2) is 16.3 Å². The molecule has 0 bridgehead atoms. The molecule has 0 saturated carbocycles. The van der Waals surface area contributed by atoms with E-state index in [1.54, 1.807) is 0 Å². The van der Waals surface area contributed by atoms with E-state index >= 15 is 0 Å². The smallest absolute Gasteiger partial charge is 0.0622 e. The van der Waals surface area contributed by atoms with Gasteiger partial charge in [0.05, 0.1) is 12.2 Å². The minimum atomic E-state index is 0.0752. The number of rotatable bonds is 6. The van der Waals surface area contributed by atoms with Gasteiger partial charge in [0.2, 0.25) is 0 Å². The third-order valence-corrected chi connectivity index (χ3v) is 3.94. The number of nitrogens with zero attached hydrogens (tertiary/aromatic N) is 2. The summed E-state index contributed by atoms with van der Waals surface area (Å²) in [5.74, 6) is 0. The summed E-state index contributed by atoms with van der Waals surface area (Å²) in [5.41, 5.74) is 2.22. The molecule has 1 atom stereocenters. The van der Waals surface area contributed by atoms with Crippen LogP contribution in [0.3, 0.4) is 0 Å². The van der Waals surface area contributed by atoms with Gasteiger partial charge in [-0.1, -0.05) is 47.4 Å². The van der Waals surface area contributed by atoms with E-state index < -0.39 is 0 Å². The van der Waals surface area contributed by atoms with Crippen LogP contribution < -0.4 is 5.32 Å². The van der Waals surface area contributed by atoms with Crippen LogP contribution in [0.15, 0.2) is 35.1 Å². The fourth-order valence-electron chi connectivity index (χ4n) is 2.23. The van der Waals surface area contributed by atoms with E-state index in [9.17, 15) is 0 Å². The van der Waals surface area contributed by atoms with Crippen LogP contribution >= 0.6 is 27.5 Å². The Morgan fingerprint density at radius 1 is 1.40 bits per heavy atom. The first-order chi connectivity index (χ1) is 9.65. The number of aromatic nitrogens is 2. The summed E-state index contributed by atoms with van der Waals surface area (Å²) in [4.78, 5) is 0. The van der Waals surface area contributed by atoms with Gasteiger partial charge >= 0.3 is 0 Å². The third-order valence-electron chi connectivity index (χ3n) is 3.12. The highest BCUT2D eigenvalue weighted by Crippen LogP contribution is 2.30. The molecule has 1 aromatic carbocycles. The SMILES string of the molecule is CCCn1cc(C(NCC)c2ccc(Br)cc2Cl)cn1. The zero-order valence-corrected chi connectivity index (χ0v) is 14.1. The van der Waals surface area contributed by atoms with Gasteiger partial charge in [-0.05, 0) is 30.7 Å². The van der Waals surface area contributed by atoms with Crippen molar-refractivity contribution in [2.45, 2.75) is 32.9 Å². The van der Waals surface area contributed by atoms with Gasteiger partial charge in [0, 0.05) is 27.8 Å². The highest BCUT2D eigenvalue weighted by molar-refractivity contribution is 9.10. The van der Waals surface area contributed by atoms with Crippen molar-refractivity contribution in [3.63, 3.8) is 0 Å². The quantitative estimate of drug-likeness (QED) is 0.831. The van der Waals surface area contributed by atoms with Crippen LogP contribution in [0.1, 0.15) is 37.4 Å². The Kier molecular flexibility index (Phi) is 5.64. The molecule has 0 saturated heterocycles. The lowest BCUT2D eigenvalue weighted by molar-refractivity contribution is 0.597. The lowest BCUT2D eigenvalue weighted by Gasteiger charge is -2.18. The van der Waals surface area contributed by atoms with E-state index in [4.69, 9.17) is 11.6 Å². The van der Waals surface area contributed by atoms with Crippen molar-refractivity contribution in [1.82, 2.24) is 15.1 Å². The van der Waals surface area contributed by atoms with Crippen molar-refractivity contribution < 1.29 is 0 Å². The van der Waals surface area contributed by atoms with Crippen molar-refractivity contribution in [3.05, 3.63) is 51.2 Å². The molecule has 3 nitrogen and oxygen atoms in total. The molecule has 0 radical (unpaired) electrons.